The Bertz CT molecular complexity index is 829. The summed E-state index contributed by atoms with van der Waals surface area (Å²) in [7, 11) is 0. The van der Waals surface area contributed by atoms with Crippen LogP contribution in [0.5, 0.6) is 0 Å². The van der Waals surface area contributed by atoms with Gasteiger partial charge in [-0.3, -0.25) is 14.7 Å². The van der Waals surface area contributed by atoms with Crippen molar-refractivity contribution in [3.63, 3.8) is 0 Å². The molecule has 3 aliphatic rings. The third-order valence-electron chi connectivity index (χ3n) is 5.28. The fourth-order valence-electron chi connectivity index (χ4n) is 3.62. The van der Waals surface area contributed by atoms with Gasteiger partial charge in [-0.15, -0.1) is 0 Å². The number of nitrogens with one attached hydrogen (secondary N) is 1. The number of aliphatic carboxylic acids is 1. The number of hydrogen-bond acceptors (Lipinski definition) is 4. The van der Waals surface area contributed by atoms with Gasteiger partial charge in [-0.1, -0.05) is 17.5 Å². The summed E-state index contributed by atoms with van der Waals surface area (Å²) in [6.07, 6.45) is 4.15. The van der Waals surface area contributed by atoms with Crippen molar-refractivity contribution in [2.45, 2.75) is 31.5 Å². The first-order valence-electron chi connectivity index (χ1n) is 8.84. The van der Waals surface area contributed by atoms with E-state index >= 15 is 0 Å². The van der Waals surface area contributed by atoms with Crippen molar-refractivity contribution in [1.82, 2.24) is 10.2 Å². The highest BCUT2D eigenvalue weighted by molar-refractivity contribution is 6.30. The Hall–Kier alpha value is -2.29. The van der Waals surface area contributed by atoms with Crippen LogP contribution in [0.1, 0.15) is 24.8 Å². The van der Waals surface area contributed by atoms with E-state index in [-0.39, 0.29) is 12.1 Å². The quantitative estimate of drug-likeness (QED) is 0.786. The average Bonchev–Trinajstić information content (AvgIpc) is 2.59. The number of aliphatic imine (C=N–C) groups is 1. The smallest absolute Gasteiger partial charge is 0.306 e. The zero-order chi connectivity index (χ0) is 18.1. The topological polar surface area (TPSA) is 64.9 Å². The van der Waals surface area contributed by atoms with Crippen molar-refractivity contribution in [3.05, 3.63) is 46.1 Å². The number of nitrogens with zero attached hydrogens (tertiary/aromatic N) is 2. The Morgan fingerprint density at radius 1 is 1.31 bits per heavy atom. The van der Waals surface area contributed by atoms with Crippen LogP contribution in [0.25, 0.3) is 0 Å². The van der Waals surface area contributed by atoms with Gasteiger partial charge in [0.2, 0.25) is 0 Å². The number of rotatable bonds is 2. The van der Waals surface area contributed by atoms with Crippen LogP contribution in [-0.4, -0.2) is 47.5 Å². The maximum Gasteiger partial charge on any atom is 0.306 e. The second kappa shape index (κ2) is 7.14. The second-order valence-electron chi connectivity index (χ2n) is 6.99. The van der Waals surface area contributed by atoms with Gasteiger partial charge in [0.15, 0.2) is 6.17 Å². The van der Waals surface area contributed by atoms with E-state index in [2.05, 4.69) is 27.0 Å². The highest BCUT2D eigenvalue weighted by atomic mass is 35.5. The van der Waals surface area contributed by atoms with E-state index in [0.29, 0.717) is 11.1 Å². The second-order valence-corrected chi connectivity index (χ2v) is 7.42. The lowest BCUT2D eigenvalue weighted by Crippen LogP contribution is -2.51. The number of carbonyl (C=O) groups is 1. The van der Waals surface area contributed by atoms with Gasteiger partial charge in [0, 0.05) is 53.6 Å². The summed E-state index contributed by atoms with van der Waals surface area (Å²) in [4.78, 5) is 17.9. The average molecular weight is 370 g/mol. The van der Waals surface area contributed by atoms with Crippen LogP contribution in [0.3, 0.4) is 0 Å². The Morgan fingerprint density at radius 3 is 2.81 bits per heavy atom. The first kappa shape index (κ1) is 17.1. The highest BCUT2D eigenvalue weighted by Gasteiger charge is 2.39. The minimum Gasteiger partial charge on any atom is -0.481 e. The molecule has 0 saturated heterocycles. The van der Waals surface area contributed by atoms with Gasteiger partial charge in [0.25, 0.3) is 0 Å². The van der Waals surface area contributed by atoms with Gasteiger partial charge in [-0.25, -0.2) is 0 Å². The number of halogens is 1. The van der Waals surface area contributed by atoms with Crippen LogP contribution in [0.15, 0.2) is 40.5 Å². The molecule has 1 unspecified atom stereocenters. The molecule has 6 heteroatoms. The zero-order valence-corrected chi connectivity index (χ0v) is 15.0. The Labute approximate surface area is 157 Å². The van der Waals surface area contributed by atoms with Crippen LogP contribution in [0, 0.1) is 17.8 Å². The molecule has 1 aliphatic carbocycles. The van der Waals surface area contributed by atoms with Gasteiger partial charge in [-0.2, -0.15) is 0 Å². The molecule has 0 aromatic heterocycles. The lowest BCUT2D eigenvalue weighted by molar-refractivity contribution is -0.147. The number of hydrogen-bond donors (Lipinski definition) is 2. The van der Waals surface area contributed by atoms with E-state index in [0.717, 1.165) is 37.9 Å². The first-order chi connectivity index (χ1) is 12.6. The predicted octanol–water partition coefficient (Wildman–Crippen LogP) is 2.51. The fraction of sp³-hybridized carbons (Fsp3) is 0.400. The molecule has 5 nitrogen and oxygen atoms in total. The molecule has 2 N–H and O–H groups in total. The van der Waals surface area contributed by atoms with Crippen molar-refractivity contribution in [1.29, 1.82) is 0 Å². The lowest BCUT2D eigenvalue weighted by atomic mass is 9.78. The molecule has 0 spiro atoms. The maximum absolute atomic E-state index is 11.0. The third kappa shape index (κ3) is 3.62. The SMILES string of the molecule is O=C(O)C1CC(N2CCC3=C(C=NC(C#Cc4ccc(Cl)cc4)N3)C2)C1. The minimum absolute atomic E-state index is 0.166. The molecule has 0 radical (unpaired) electrons. The third-order valence-corrected chi connectivity index (χ3v) is 5.53. The van der Waals surface area contributed by atoms with E-state index in [4.69, 9.17) is 16.7 Å². The van der Waals surface area contributed by atoms with Gasteiger partial charge in [0.1, 0.15) is 0 Å². The summed E-state index contributed by atoms with van der Waals surface area (Å²) in [6, 6.07) is 7.84. The summed E-state index contributed by atoms with van der Waals surface area (Å²) in [6.45, 7) is 1.79. The Kier molecular flexibility index (Phi) is 4.71. The first-order valence-corrected chi connectivity index (χ1v) is 9.22. The van der Waals surface area contributed by atoms with Gasteiger partial charge >= 0.3 is 5.97 Å². The number of benzene rings is 1. The minimum atomic E-state index is -0.666. The molecule has 2 aliphatic heterocycles. The van der Waals surface area contributed by atoms with Crippen LogP contribution in [0.4, 0.5) is 0 Å². The summed E-state index contributed by atoms with van der Waals surface area (Å²) in [5.74, 6) is 5.44. The van der Waals surface area contributed by atoms with Crippen molar-refractivity contribution < 1.29 is 9.90 Å². The van der Waals surface area contributed by atoms with Gasteiger partial charge in [0.05, 0.1) is 5.92 Å². The Balaban J connectivity index is 1.35. The molecule has 1 atom stereocenters. The summed E-state index contributed by atoms with van der Waals surface area (Å²) < 4.78 is 0. The van der Waals surface area contributed by atoms with Gasteiger partial charge < -0.3 is 10.4 Å². The number of carboxylic acid groups (broad SMARTS) is 1. The fourth-order valence-corrected chi connectivity index (χ4v) is 3.74. The van der Waals surface area contributed by atoms with E-state index in [1.54, 1.807) is 0 Å². The van der Waals surface area contributed by atoms with Crippen LogP contribution < -0.4 is 5.32 Å². The number of carboxylic acids is 1. The Morgan fingerprint density at radius 2 is 2.08 bits per heavy atom. The molecule has 1 fully saturated rings. The summed E-state index contributed by atoms with van der Waals surface area (Å²) in [5.41, 5.74) is 3.32. The van der Waals surface area contributed by atoms with Crippen molar-refractivity contribution in [2.24, 2.45) is 10.9 Å². The highest BCUT2D eigenvalue weighted by Crippen LogP contribution is 2.34. The molecule has 4 rings (SSSR count). The van der Waals surface area contributed by atoms with E-state index in [9.17, 15) is 4.79 Å². The van der Waals surface area contributed by atoms with E-state index in [1.165, 1.54) is 11.3 Å². The normalized spacial score (nSPS) is 27.7. The van der Waals surface area contributed by atoms with Crippen LogP contribution >= 0.6 is 11.6 Å². The van der Waals surface area contributed by atoms with E-state index in [1.807, 2.05) is 30.5 Å². The summed E-state index contributed by atoms with van der Waals surface area (Å²) >= 11 is 5.89. The monoisotopic (exact) mass is 369 g/mol. The van der Waals surface area contributed by atoms with E-state index < -0.39 is 5.97 Å². The van der Waals surface area contributed by atoms with Crippen molar-refractivity contribution in [3.8, 4) is 11.8 Å². The van der Waals surface area contributed by atoms with Gasteiger partial charge in [-0.05, 0) is 43.0 Å². The molecule has 0 bridgehead atoms. The summed E-state index contributed by atoms with van der Waals surface area (Å²) in [5, 5.41) is 13.2. The lowest BCUT2D eigenvalue weighted by Gasteiger charge is -2.44. The standard InChI is InChI=1S/C20H20ClN3O2/c21-16-4-1-13(2-5-16)3-6-19-22-11-15-12-24(8-7-18(15)23-19)17-9-14(10-17)20(25)26/h1-2,4-5,11,14,17,19,23H,7-10,12H2,(H,25,26). The molecular formula is C20H20ClN3O2. The molecule has 1 saturated carbocycles. The molecule has 2 heterocycles. The largest absolute Gasteiger partial charge is 0.481 e. The molecule has 1 aromatic rings. The maximum atomic E-state index is 11.0. The van der Waals surface area contributed by atoms with Crippen molar-refractivity contribution >= 4 is 23.8 Å². The molecule has 0 amide bonds. The molecule has 1 aromatic carbocycles. The van der Waals surface area contributed by atoms with Crippen LogP contribution in [0.2, 0.25) is 5.02 Å². The predicted molar refractivity (Wildman–Crippen MR) is 101 cm³/mol. The van der Waals surface area contributed by atoms with Crippen molar-refractivity contribution in [2.75, 3.05) is 13.1 Å². The molecule has 134 valence electrons. The molecule has 26 heavy (non-hydrogen) atoms. The molecular weight excluding hydrogens is 350 g/mol. The zero-order valence-electron chi connectivity index (χ0n) is 14.3. The van der Waals surface area contributed by atoms with Crippen LogP contribution in [-0.2, 0) is 4.79 Å².